The number of hydrogen-bond acceptors (Lipinski definition) is 8. The van der Waals surface area contributed by atoms with Gasteiger partial charge < -0.3 is 26.3 Å². The zero-order valence-electron chi connectivity index (χ0n) is 19.3. The minimum atomic E-state index is -0.678. The summed E-state index contributed by atoms with van der Waals surface area (Å²) in [5.74, 6) is -0.725. The van der Waals surface area contributed by atoms with Gasteiger partial charge in [-0.1, -0.05) is 20.8 Å². The normalized spacial score (nSPS) is 11.5. The lowest BCUT2D eigenvalue weighted by Crippen LogP contribution is -2.23. The summed E-state index contributed by atoms with van der Waals surface area (Å²) in [5.41, 5.74) is 6.11. The Morgan fingerprint density at radius 3 is 2.65 bits per heavy atom. The Kier molecular flexibility index (Phi) is 7.57. The molecule has 3 aromatic rings. The van der Waals surface area contributed by atoms with E-state index in [0.717, 1.165) is 29.3 Å². The van der Waals surface area contributed by atoms with Gasteiger partial charge in [0.15, 0.2) is 11.6 Å². The van der Waals surface area contributed by atoms with E-state index in [1.807, 2.05) is 13.0 Å². The van der Waals surface area contributed by atoms with Crippen LogP contribution in [-0.4, -0.2) is 26.7 Å². The molecule has 3 aromatic heterocycles. The molecule has 0 fully saturated rings. The number of hydrogen-bond donors (Lipinski definition) is 4. The zero-order chi connectivity index (χ0) is 25.0. The fraction of sp³-hybridized carbons (Fsp3) is 0.261. The highest BCUT2D eigenvalue weighted by Crippen LogP contribution is 2.30. The first-order valence-corrected chi connectivity index (χ1v) is 11.4. The minimum Gasteiger partial charge on any atom is -0.403 e. The molecule has 0 spiro atoms. The van der Waals surface area contributed by atoms with Crippen LogP contribution in [0.25, 0.3) is 11.4 Å². The van der Waals surface area contributed by atoms with Crippen molar-refractivity contribution in [1.82, 2.24) is 14.5 Å². The Morgan fingerprint density at radius 2 is 2.06 bits per heavy atom. The Bertz CT molecular complexity index is 1330. The molecule has 0 unspecified atom stereocenters. The van der Waals surface area contributed by atoms with Crippen LogP contribution < -0.4 is 21.9 Å². The van der Waals surface area contributed by atoms with Gasteiger partial charge in [0.1, 0.15) is 17.2 Å². The predicted octanol–water partition coefficient (Wildman–Crippen LogP) is 3.84. The number of rotatable bonds is 8. The van der Waals surface area contributed by atoms with Crippen molar-refractivity contribution in [3.63, 3.8) is 0 Å². The first kappa shape index (κ1) is 24.8. The maximum atomic E-state index is 14.7. The molecular formula is C23H26FN7O2S. The van der Waals surface area contributed by atoms with E-state index < -0.39 is 11.4 Å². The van der Waals surface area contributed by atoms with E-state index in [1.165, 1.54) is 41.3 Å². The van der Waals surface area contributed by atoms with Crippen molar-refractivity contribution in [2.75, 3.05) is 10.6 Å². The van der Waals surface area contributed by atoms with Crippen LogP contribution in [0.3, 0.4) is 0 Å². The fourth-order valence-corrected chi connectivity index (χ4v) is 4.41. The summed E-state index contributed by atoms with van der Waals surface area (Å²) in [6.45, 7) is 6.20. The van der Waals surface area contributed by atoms with Crippen molar-refractivity contribution in [2.24, 2.45) is 12.8 Å². The summed E-state index contributed by atoms with van der Waals surface area (Å²) in [4.78, 5) is 35.3. The SMILES string of the molecule is CCc1sc(C(=O)Nc2ccc(F)c(-c3cn(C)c(=O)c(N/C(C=N)=C/N)n3)n2)cc1C(C)C. The molecule has 3 heterocycles. The number of nitrogens with two attached hydrogens (primary N) is 1. The largest absolute Gasteiger partial charge is 0.403 e. The topological polar surface area (TPSA) is 139 Å². The summed E-state index contributed by atoms with van der Waals surface area (Å²) in [5, 5.41) is 12.7. The van der Waals surface area contributed by atoms with Gasteiger partial charge in [-0.15, -0.1) is 11.3 Å². The van der Waals surface area contributed by atoms with Gasteiger partial charge in [0.05, 0.1) is 10.6 Å². The highest BCUT2D eigenvalue weighted by atomic mass is 32.1. The van der Waals surface area contributed by atoms with Crippen LogP contribution in [0.15, 0.2) is 41.1 Å². The second-order valence-electron chi connectivity index (χ2n) is 7.76. The predicted molar refractivity (Wildman–Crippen MR) is 133 cm³/mol. The quantitative estimate of drug-likeness (QED) is 0.359. The number of thiophene rings is 1. The summed E-state index contributed by atoms with van der Waals surface area (Å²) in [6.07, 6.45) is 4.19. The smallest absolute Gasteiger partial charge is 0.293 e. The third-order valence-electron chi connectivity index (χ3n) is 5.01. The number of aromatic nitrogens is 3. The van der Waals surface area contributed by atoms with Gasteiger partial charge in [-0.3, -0.25) is 9.59 Å². The number of allylic oxidation sites excluding steroid dienone is 1. The molecule has 0 bridgehead atoms. The summed E-state index contributed by atoms with van der Waals surface area (Å²) < 4.78 is 15.9. The number of anilines is 2. The van der Waals surface area contributed by atoms with Gasteiger partial charge in [0.25, 0.3) is 11.5 Å². The molecule has 3 rings (SSSR count). The molecule has 0 saturated carbocycles. The van der Waals surface area contributed by atoms with Gasteiger partial charge in [-0.25, -0.2) is 14.4 Å². The van der Waals surface area contributed by atoms with E-state index >= 15 is 0 Å². The van der Waals surface area contributed by atoms with Gasteiger partial charge in [0.2, 0.25) is 0 Å². The Hall–Kier alpha value is -3.86. The minimum absolute atomic E-state index is 0.0611. The first-order valence-electron chi connectivity index (χ1n) is 10.6. The van der Waals surface area contributed by atoms with Gasteiger partial charge in [-0.2, -0.15) is 0 Å². The van der Waals surface area contributed by atoms with Crippen molar-refractivity contribution in [1.29, 1.82) is 5.41 Å². The van der Waals surface area contributed by atoms with Gasteiger partial charge in [-0.05, 0) is 36.1 Å². The number of amides is 1. The molecular weight excluding hydrogens is 457 g/mol. The molecule has 1 amide bonds. The van der Waals surface area contributed by atoms with Crippen LogP contribution >= 0.6 is 11.3 Å². The molecule has 0 aliphatic heterocycles. The monoisotopic (exact) mass is 483 g/mol. The van der Waals surface area contributed by atoms with Crippen LogP contribution in [0.5, 0.6) is 0 Å². The molecule has 0 aliphatic carbocycles. The highest BCUT2D eigenvalue weighted by Gasteiger charge is 2.18. The van der Waals surface area contributed by atoms with E-state index in [-0.39, 0.29) is 34.6 Å². The Labute approximate surface area is 200 Å². The number of carbonyl (C=O) groups excluding carboxylic acids is 1. The second-order valence-corrected chi connectivity index (χ2v) is 8.90. The highest BCUT2D eigenvalue weighted by molar-refractivity contribution is 7.14. The second kappa shape index (κ2) is 10.4. The lowest BCUT2D eigenvalue weighted by atomic mass is 10.0. The Balaban J connectivity index is 1.96. The maximum Gasteiger partial charge on any atom is 0.293 e. The van der Waals surface area contributed by atoms with Crippen LogP contribution in [-0.2, 0) is 13.5 Å². The van der Waals surface area contributed by atoms with Crippen LogP contribution in [0.4, 0.5) is 16.0 Å². The average molecular weight is 484 g/mol. The molecule has 0 aromatic carbocycles. The molecule has 0 atom stereocenters. The third-order valence-corrected chi connectivity index (χ3v) is 6.30. The molecule has 178 valence electrons. The van der Waals surface area contributed by atoms with Crippen molar-refractivity contribution < 1.29 is 9.18 Å². The number of pyridine rings is 1. The molecule has 9 nitrogen and oxygen atoms in total. The van der Waals surface area contributed by atoms with Crippen LogP contribution in [0, 0.1) is 11.2 Å². The summed E-state index contributed by atoms with van der Waals surface area (Å²) >= 11 is 1.43. The third kappa shape index (κ3) is 5.20. The van der Waals surface area contributed by atoms with E-state index in [0.29, 0.717) is 10.8 Å². The molecule has 5 N–H and O–H groups in total. The van der Waals surface area contributed by atoms with Crippen LogP contribution in [0.1, 0.15) is 46.8 Å². The van der Waals surface area contributed by atoms with Gasteiger partial charge in [0, 0.05) is 30.5 Å². The van der Waals surface area contributed by atoms with E-state index in [9.17, 15) is 14.0 Å². The van der Waals surface area contributed by atoms with Crippen molar-refractivity contribution in [3.05, 3.63) is 67.8 Å². The fourth-order valence-electron chi connectivity index (χ4n) is 3.25. The van der Waals surface area contributed by atoms with Crippen LogP contribution in [0.2, 0.25) is 0 Å². The lowest BCUT2D eigenvalue weighted by Gasteiger charge is -2.11. The lowest BCUT2D eigenvalue weighted by molar-refractivity contribution is 0.103. The molecule has 0 saturated heterocycles. The molecule has 0 radical (unpaired) electrons. The molecule has 0 aliphatic rings. The number of halogens is 1. The van der Waals surface area contributed by atoms with Crippen molar-refractivity contribution in [3.8, 4) is 11.4 Å². The zero-order valence-corrected chi connectivity index (χ0v) is 20.1. The number of carbonyl (C=O) groups is 1. The number of nitrogens with one attached hydrogen (secondary N) is 3. The molecule has 11 heteroatoms. The van der Waals surface area contributed by atoms with E-state index in [1.54, 1.807) is 0 Å². The van der Waals surface area contributed by atoms with Crippen molar-refractivity contribution in [2.45, 2.75) is 33.1 Å². The standard InChI is InChI=1S/C23H26FN7O2S/c1-5-17-14(12(2)3)8-18(34-17)22(32)30-19-7-6-15(24)20(29-19)16-11-31(4)23(33)21(28-16)27-13(9-25)10-26/h6-12,25H,5,26H2,1-4H3,(H,27,28)(H,29,30,32)/b13-10+,25-9?. The van der Waals surface area contributed by atoms with E-state index in [2.05, 4.69) is 34.4 Å². The van der Waals surface area contributed by atoms with E-state index in [4.69, 9.17) is 11.1 Å². The Morgan fingerprint density at radius 1 is 1.32 bits per heavy atom. The average Bonchev–Trinajstić information content (AvgIpc) is 3.26. The first-order chi connectivity index (χ1) is 16.2. The van der Waals surface area contributed by atoms with Crippen molar-refractivity contribution >= 4 is 35.1 Å². The number of nitrogens with zero attached hydrogens (tertiary/aromatic N) is 3. The maximum absolute atomic E-state index is 14.7. The summed E-state index contributed by atoms with van der Waals surface area (Å²) in [7, 11) is 1.48. The molecule has 34 heavy (non-hydrogen) atoms. The summed E-state index contributed by atoms with van der Waals surface area (Å²) in [6, 6.07) is 4.41. The number of aryl methyl sites for hydroxylation is 2. The van der Waals surface area contributed by atoms with Gasteiger partial charge >= 0.3 is 0 Å².